The van der Waals surface area contributed by atoms with Crippen molar-refractivity contribution in [2.24, 2.45) is 0 Å². The Balaban J connectivity index is 1.86. The SMILES string of the molecule is CCCc1nnc(CSc2nc(C)nc3sc(C)c(C)c23)s1. The van der Waals surface area contributed by atoms with Crippen molar-refractivity contribution in [2.75, 3.05) is 0 Å². The Morgan fingerprint density at radius 3 is 2.55 bits per heavy atom. The van der Waals surface area contributed by atoms with Gasteiger partial charge >= 0.3 is 0 Å². The van der Waals surface area contributed by atoms with Crippen LogP contribution >= 0.6 is 34.4 Å². The fourth-order valence-electron chi connectivity index (χ4n) is 2.21. The number of hydrogen-bond acceptors (Lipinski definition) is 7. The largest absolute Gasteiger partial charge is 0.226 e. The molecule has 0 aliphatic heterocycles. The first-order chi connectivity index (χ1) is 10.6. The van der Waals surface area contributed by atoms with Crippen molar-refractivity contribution in [3.8, 4) is 0 Å². The highest BCUT2D eigenvalue weighted by Gasteiger charge is 2.14. The second-order valence-electron chi connectivity index (χ2n) is 5.17. The summed E-state index contributed by atoms with van der Waals surface area (Å²) in [4.78, 5) is 11.6. The predicted molar refractivity (Wildman–Crippen MR) is 95.1 cm³/mol. The van der Waals surface area contributed by atoms with Gasteiger partial charge in [0.25, 0.3) is 0 Å². The van der Waals surface area contributed by atoms with Crippen LogP contribution in [0.4, 0.5) is 0 Å². The van der Waals surface area contributed by atoms with Crippen LogP contribution in [0.3, 0.4) is 0 Å². The zero-order valence-corrected chi connectivity index (χ0v) is 15.6. The molecular weight excluding hydrogens is 332 g/mol. The van der Waals surface area contributed by atoms with Crippen LogP contribution in [-0.2, 0) is 12.2 Å². The lowest BCUT2D eigenvalue weighted by Gasteiger charge is -2.03. The molecule has 0 N–H and O–H groups in total. The van der Waals surface area contributed by atoms with Gasteiger partial charge in [0.2, 0.25) is 0 Å². The highest BCUT2D eigenvalue weighted by Crippen LogP contribution is 2.36. The van der Waals surface area contributed by atoms with Gasteiger partial charge < -0.3 is 0 Å². The standard InChI is InChI=1S/C15H18N4S3/c1-5-6-11-18-19-12(22-11)7-20-14-13-8(2)9(3)21-15(13)17-10(4)16-14/h5-7H2,1-4H3. The van der Waals surface area contributed by atoms with Gasteiger partial charge in [0.15, 0.2) is 0 Å². The third-order valence-corrected chi connectivity index (χ3v) is 6.67. The third-order valence-electron chi connectivity index (χ3n) is 3.41. The molecule has 0 unspecified atom stereocenters. The van der Waals surface area contributed by atoms with Gasteiger partial charge in [0.1, 0.15) is 25.7 Å². The molecule has 0 aliphatic rings. The normalized spacial score (nSPS) is 11.5. The molecule has 0 saturated carbocycles. The summed E-state index contributed by atoms with van der Waals surface area (Å²) in [7, 11) is 0. The minimum absolute atomic E-state index is 0.821. The fourth-order valence-corrected chi connectivity index (χ4v) is 5.41. The molecule has 0 radical (unpaired) electrons. The van der Waals surface area contributed by atoms with Crippen molar-refractivity contribution in [1.29, 1.82) is 0 Å². The summed E-state index contributed by atoms with van der Waals surface area (Å²) in [5.41, 5.74) is 1.30. The molecule has 4 nitrogen and oxygen atoms in total. The van der Waals surface area contributed by atoms with E-state index in [1.807, 2.05) is 6.92 Å². The van der Waals surface area contributed by atoms with E-state index >= 15 is 0 Å². The molecule has 0 bridgehead atoms. The van der Waals surface area contributed by atoms with Crippen LogP contribution in [0.25, 0.3) is 10.2 Å². The van der Waals surface area contributed by atoms with E-state index in [4.69, 9.17) is 0 Å². The average Bonchev–Trinajstić information content (AvgIpc) is 3.02. The molecule has 22 heavy (non-hydrogen) atoms. The van der Waals surface area contributed by atoms with E-state index in [-0.39, 0.29) is 0 Å². The number of hydrogen-bond donors (Lipinski definition) is 0. The van der Waals surface area contributed by atoms with Gasteiger partial charge in [-0.25, -0.2) is 9.97 Å². The van der Waals surface area contributed by atoms with Crippen LogP contribution in [0.15, 0.2) is 5.03 Å². The summed E-state index contributed by atoms with van der Waals surface area (Å²) in [6, 6.07) is 0. The summed E-state index contributed by atoms with van der Waals surface area (Å²) in [6.45, 7) is 8.42. The number of rotatable bonds is 5. The second-order valence-corrected chi connectivity index (χ2v) is 8.48. The van der Waals surface area contributed by atoms with Crippen LogP contribution in [0, 0.1) is 20.8 Å². The Bertz CT molecular complexity index is 807. The lowest BCUT2D eigenvalue weighted by atomic mass is 10.2. The van der Waals surface area contributed by atoms with E-state index in [0.29, 0.717) is 0 Å². The molecule has 0 atom stereocenters. The molecule has 3 aromatic heterocycles. The molecule has 0 spiro atoms. The Hall–Kier alpha value is -1.05. The molecule has 3 rings (SSSR count). The molecule has 116 valence electrons. The summed E-state index contributed by atoms with van der Waals surface area (Å²) < 4.78 is 0. The molecule has 7 heteroatoms. The first-order valence-corrected chi connectivity index (χ1v) is 9.88. The molecule has 0 saturated heterocycles. The minimum Gasteiger partial charge on any atom is -0.226 e. The van der Waals surface area contributed by atoms with E-state index in [9.17, 15) is 0 Å². The number of fused-ring (bicyclic) bond motifs is 1. The smallest absolute Gasteiger partial charge is 0.128 e. The molecule has 0 fully saturated rings. The summed E-state index contributed by atoms with van der Waals surface area (Å²) >= 11 is 5.20. The van der Waals surface area contributed by atoms with Gasteiger partial charge in [-0.1, -0.05) is 18.7 Å². The van der Waals surface area contributed by atoms with Gasteiger partial charge in [0, 0.05) is 16.7 Å². The van der Waals surface area contributed by atoms with Gasteiger partial charge in [-0.3, -0.25) is 0 Å². The Morgan fingerprint density at radius 2 is 1.77 bits per heavy atom. The van der Waals surface area contributed by atoms with Gasteiger partial charge in [-0.15, -0.1) is 32.9 Å². The van der Waals surface area contributed by atoms with Crippen molar-refractivity contribution < 1.29 is 0 Å². The van der Waals surface area contributed by atoms with E-state index in [0.717, 1.165) is 44.3 Å². The second kappa shape index (κ2) is 6.60. The zero-order valence-electron chi connectivity index (χ0n) is 13.1. The van der Waals surface area contributed by atoms with Crippen molar-refractivity contribution in [3.05, 3.63) is 26.3 Å². The van der Waals surface area contributed by atoms with Crippen LogP contribution in [0.1, 0.15) is 39.6 Å². The molecule has 0 aromatic carbocycles. The van der Waals surface area contributed by atoms with Gasteiger partial charge in [0.05, 0.1) is 5.75 Å². The number of aromatic nitrogens is 4. The first-order valence-electron chi connectivity index (χ1n) is 7.27. The van der Waals surface area contributed by atoms with Crippen LogP contribution < -0.4 is 0 Å². The first kappa shape index (κ1) is 15.8. The Labute approximate surface area is 142 Å². The van der Waals surface area contributed by atoms with E-state index < -0.39 is 0 Å². The Morgan fingerprint density at radius 1 is 1.00 bits per heavy atom. The zero-order chi connectivity index (χ0) is 15.7. The lowest BCUT2D eigenvalue weighted by Crippen LogP contribution is -1.92. The minimum atomic E-state index is 0.821. The number of aryl methyl sites for hydroxylation is 4. The maximum atomic E-state index is 4.65. The van der Waals surface area contributed by atoms with Crippen molar-refractivity contribution in [3.63, 3.8) is 0 Å². The van der Waals surface area contributed by atoms with Crippen LogP contribution in [-0.4, -0.2) is 20.2 Å². The molecule has 0 amide bonds. The van der Waals surface area contributed by atoms with Crippen molar-refractivity contribution in [2.45, 2.75) is 51.3 Å². The topological polar surface area (TPSA) is 51.6 Å². The summed E-state index contributed by atoms with van der Waals surface area (Å²) in [6.07, 6.45) is 2.13. The van der Waals surface area contributed by atoms with Crippen molar-refractivity contribution in [1.82, 2.24) is 20.2 Å². The van der Waals surface area contributed by atoms with Crippen LogP contribution in [0.5, 0.6) is 0 Å². The molecule has 3 aromatic rings. The van der Waals surface area contributed by atoms with Crippen LogP contribution in [0.2, 0.25) is 0 Å². The van der Waals surface area contributed by atoms with E-state index in [1.165, 1.54) is 15.8 Å². The quantitative estimate of drug-likeness (QED) is 0.492. The highest BCUT2D eigenvalue weighted by atomic mass is 32.2. The lowest BCUT2D eigenvalue weighted by molar-refractivity contribution is 0.873. The predicted octanol–water partition coefficient (Wildman–Crippen LogP) is 4.71. The number of thioether (sulfide) groups is 1. The summed E-state index contributed by atoms with van der Waals surface area (Å²) in [5.74, 6) is 1.65. The number of nitrogens with zero attached hydrogens (tertiary/aromatic N) is 4. The fraction of sp³-hybridized carbons (Fsp3) is 0.467. The van der Waals surface area contributed by atoms with E-state index in [1.54, 1.807) is 34.4 Å². The van der Waals surface area contributed by atoms with Gasteiger partial charge in [-0.2, -0.15) is 0 Å². The maximum Gasteiger partial charge on any atom is 0.128 e. The molecule has 0 aliphatic carbocycles. The molecule has 3 heterocycles. The Kier molecular flexibility index (Phi) is 4.75. The van der Waals surface area contributed by atoms with E-state index in [2.05, 4.69) is 40.9 Å². The monoisotopic (exact) mass is 350 g/mol. The molecular formula is C15H18N4S3. The van der Waals surface area contributed by atoms with Crippen molar-refractivity contribution >= 4 is 44.7 Å². The highest BCUT2D eigenvalue weighted by molar-refractivity contribution is 7.98. The number of thiophene rings is 1. The third kappa shape index (κ3) is 3.16. The average molecular weight is 351 g/mol. The van der Waals surface area contributed by atoms with Gasteiger partial charge in [-0.05, 0) is 32.8 Å². The summed E-state index contributed by atoms with van der Waals surface area (Å²) in [5, 5.41) is 13.0. The maximum absolute atomic E-state index is 4.65.